The Hall–Kier alpha value is -2.24. The zero-order valence-corrected chi connectivity index (χ0v) is 13.7. The summed E-state index contributed by atoms with van der Waals surface area (Å²) in [4.78, 5) is 12.0. The van der Waals surface area contributed by atoms with Crippen molar-refractivity contribution >= 4 is 11.6 Å². The van der Waals surface area contributed by atoms with Crippen molar-refractivity contribution in [1.29, 1.82) is 0 Å². The molecule has 0 aromatic carbocycles. The standard InChI is InChI=1S/C17H24N4O2/c1-12-7-8-16(23-12)13(2)19-15-9-18-21(10-15)11-17(22)20-14-5-3-4-6-14/h7-10,13-14,19H,3-6,11H2,1-2H3,(H,20,22)/t13-/m0/s1. The number of aromatic nitrogens is 2. The lowest BCUT2D eigenvalue weighted by atomic mass is 10.2. The van der Waals surface area contributed by atoms with Gasteiger partial charge in [-0.2, -0.15) is 5.10 Å². The average molecular weight is 316 g/mol. The fourth-order valence-electron chi connectivity index (χ4n) is 3.02. The van der Waals surface area contributed by atoms with E-state index in [1.807, 2.05) is 32.2 Å². The Balaban J connectivity index is 1.52. The normalized spacial score (nSPS) is 16.4. The Kier molecular flexibility index (Phi) is 4.69. The highest BCUT2D eigenvalue weighted by Crippen LogP contribution is 2.21. The first-order chi connectivity index (χ1) is 11.1. The first kappa shape index (κ1) is 15.6. The van der Waals surface area contributed by atoms with Gasteiger partial charge in [0.2, 0.25) is 5.91 Å². The van der Waals surface area contributed by atoms with Gasteiger partial charge in [0.15, 0.2) is 0 Å². The lowest BCUT2D eigenvalue weighted by molar-refractivity contribution is -0.122. The number of nitrogens with one attached hydrogen (secondary N) is 2. The van der Waals surface area contributed by atoms with Gasteiger partial charge in [0.1, 0.15) is 18.1 Å². The highest BCUT2D eigenvalue weighted by atomic mass is 16.3. The van der Waals surface area contributed by atoms with Gasteiger partial charge < -0.3 is 15.1 Å². The molecule has 3 rings (SSSR count). The zero-order valence-electron chi connectivity index (χ0n) is 13.7. The van der Waals surface area contributed by atoms with Gasteiger partial charge in [-0.3, -0.25) is 9.48 Å². The maximum Gasteiger partial charge on any atom is 0.241 e. The summed E-state index contributed by atoms with van der Waals surface area (Å²) < 4.78 is 7.27. The van der Waals surface area contributed by atoms with E-state index < -0.39 is 0 Å². The molecule has 0 aliphatic heterocycles. The minimum atomic E-state index is 0.0289. The molecule has 2 aromatic rings. The predicted octanol–water partition coefficient (Wildman–Crippen LogP) is 3.02. The second-order valence-electron chi connectivity index (χ2n) is 6.29. The summed E-state index contributed by atoms with van der Waals surface area (Å²) in [5.74, 6) is 1.81. The van der Waals surface area contributed by atoms with Crippen LogP contribution in [0, 0.1) is 6.92 Å². The SMILES string of the molecule is Cc1ccc([C@H](C)Nc2cnn(CC(=O)NC3CCCC3)c2)o1. The predicted molar refractivity (Wildman–Crippen MR) is 88.1 cm³/mol. The molecule has 1 aliphatic carbocycles. The van der Waals surface area contributed by atoms with Gasteiger partial charge in [0, 0.05) is 12.2 Å². The topological polar surface area (TPSA) is 72.1 Å². The largest absolute Gasteiger partial charge is 0.464 e. The van der Waals surface area contributed by atoms with Crippen LogP contribution in [0.4, 0.5) is 5.69 Å². The molecule has 2 aromatic heterocycles. The first-order valence-corrected chi connectivity index (χ1v) is 8.25. The van der Waals surface area contributed by atoms with Crippen LogP contribution in [0.2, 0.25) is 0 Å². The summed E-state index contributed by atoms with van der Waals surface area (Å²) in [6.07, 6.45) is 8.20. The third-order valence-electron chi connectivity index (χ3n) is 4.23. The molecule has 0 spiro atoms. The molecule has 1 aliphatic rings. The van der Waals surface area contributed by atoms with Gasteiger partial charge in [-0.1, -0.05) is 12.8 Å². The molecule has 2 N–H and O–H groups in total. The number of rotatable bonds is 6. The lowest BCUT2D eigenvalue weighted by Crippen LogP contribution is -2.35. The molecule has 0 unspecified atom stereocenters. The number of hydrogen-bond acceptors (Lipinski definition) is 4. The molecular formula is C17H24N4O2. The number of aryl methyl sites for hydroxylation is 1. The highest BCUT2D eigenvalue weighted by molar-refractivity contribution is 5.76. The minimum Gasteiger partial charge on any atom is -0.464 e. The van der Waals surface area contributed by atoms with E-state index in [2.05, 4.69) is 15.7 Å². The second kappa shape index (κ2) is 6.89. The van der Waals surface area contributed by atoms with Crippen molar-refractivity contribution in [1.82, 2.24) is 15.1 Å². The third kappa shape index (κ3) is 4.15. The number of furan rings is 1. The van der Waals surface area contributed by atoms with Gasteiger partial charge in [0.25, 0.3) is 0 Å². The van der Waals surface area contributed by atoms with Crippen molar-refractivity contribution in [3.63, 3.8) is 0 Å². The molecule has 0 radical (unpaired) electrons. The quantitative estimate of drug-likeness (QED) is 0.859. The minimum absolute atomic E-state index is 0.0289. The van der Waals surface area contributed by atoms with Crippen molar-refractivity contribution in [2.45, 2.75) is 58.2 Å². The van der Waals surface area contributed by atoms with Crippen molar-refractivity contribution in [2.75, 3.05) is 5.32 Å². The first-order valence-electron chi connectivity index (χ1n) is 8.25. The van der Waals surface area contributed by atoms with Crippen LogP contribution in [-0.4, -0.2) is 21.7 Å². The molecular weight excluding hydrogens is 292 g/mol. The van der Waals surface area contributed by atoms with E-state index in [1.54, 1.807) is 10.9 Å². The van der Waals surface area contributed by atoms with Gasteiger partial charge >= 0.3 is 0 Å². The molecule has 1 fully saturated rings. The number of carbonyl (C=O) groups is 1. The van der Waals surface area contributed by atoms with Crippen LogP contribution in [-0.2, 0) is 11.3 Å². The molecule has 6 nitrogen and oxygen atoms in total. The summed E-state index contributed by atoms with van der Waals surface area (Å²) in [6, 6.07) is 4.31. The Morgan fingerprint density at radius 2 is 2.22 bits per heavy atom. The van der Waals surface area contributed by atoms with Gasteiger partial charge in [-0.25, -0.2) is 0 Å². The Morgan fingerprint density at radius 3 is 2.91 bits per heavy atom. The van der Waals surface area contributed by atoms with Crippen molar-refractivity contribution < 1.29 is 9.21 Å². The van der Waals surface area contributed by atoms with Crippen LogP contribution in [0.5, 0.6) is 0 Å². The Morgan fingerprint density at radius 1 is 1.43 bits per heavy atom. The van der Waals surface area contributed by atoms with Crippen LogP contribution in [0.25, 0.3) is 0 Å². The summed E-state index contributed by atoms with van der Waals surface area (Å²) in [5.41, 5.74) is 0.875. The van der Waals surface area contributed by atoms with E-state index in [1.165, 1.54) is 12.8 Å². The van der Waals surface area contributed by atoms with Crippen molar-refractivity contribution in [2.24, 2.45) is 0 Å². The van der Waals surface area contributed by atoms with E-state index in [9.17, 15) is 4.79 Å². The van der Waals surface area contributed by atoms with Gasteiger partial charge in [0.05, 0.1) is 17.9 Å². The van der Waals surface area contributed by atoms with E-state index in [4.69, 9.17) is 4.42 Å². The van der Waals surface area contributed by atoms with Crippen LogP contribution in [0.3, 0.4) is 0 Å². The molecule has 0 saturated heterocycles. The zero-order chi connectivity index (χ0) is 16.2. The molecule has 1 amide bonds. The van der Waals surface area contributed by atoms with E-state index in [-0.39, 0.29) is 18.5 Å². The Bertz CT molecular complexity index is 655. The fraction of sp³-hybridized carbons (Fsp3) is 0.529. The van der Waals surface area contributed by atoms with E-state index in [0.29, 0.717) is 6.04 Å². The Labute approximate surface area is 136 Å². The van der Waals surface area contributed by atoms with Crippen LogP contribution >= 0.6 is 0 Å². The molecule has 0 bridgehead atoms. The maximum atomic E-state index is 12.0. The summed E-state index contributed by atoms with van der Waals surface area (Å²) >= 11 is 0. The number of hydrogen-bond donors (Lipinski definition) is 2. The van der Waals surface area contributed by atoms with Crippen LogP contribution in [0.1, 0.15) is 50.2 Å². The monoisotopic (exact) mass is 316 g/mol. The van der Waals surface area contributed by atoms with Crippen molar-refractivity contribution in [3.8, 4) is 0 Å². The number of carbonyl (C=O) groups excluding carboxylic acids is 1. The van der Waals surface area contributed by atoms with Crippen molar-refractivity contribution in [3.05, 3.63) is 36.0 Å². The van der Waals surface area contributed by atoms with Gasteiger partial charge in [-0.05, 0) is 38.8 Å². The fourth-order valence-corrected chi connectivity index (χ4v) is 3.02. The molecule has 1 saturated carbocycles. The number of anilines is 1. The average Bonchev–Trinajstić information content (AvgIpc) is 3.22. The van der Waals surface area contributed by atoms with Gasteiger partial charge in [-0.15, -0.1) is 0 Å². The third-order valence-corrected chi connectivity index (χ3v) is 4.23. The molecule has 2 heterocycles. The van der Waals surface area contributed by atoms with E-state index in [0.717, 1.165) is 30.0 Å². The smallest absolute Gasteiger partial charge is 0.241 e. The number of nitrogens with zero attached hydrogens (tertiary/aromatic N) is 2. The molecule has 23 heavy (non-hydrogen) atoms. The summed E-state index contributed by atoms with van der Waals surface area (Å²) in [5, 5.41) is 10.6. The van der Waals surface area contributed by atoms with Crippen LogP contribution in [0.15, 0.2) is 28.9 Å². The molecule has 6 heteroatoms. The lowest BCUT2D eigenvalue weighted by Gasteiger charge is -2.12. The second-order valence-corrected chi connectivity index (χ2v) is 6.29. The van der Waals surface area contributed by atoms with Crippen LogP contribution < -0.4 is 10.6 Å². The number of amides is 1. The molecule has 124 valence electrons. The maximum absolute atomic E-state index is 12.0. The summed E-state index contributed by atoms with van der Waals surface area (Å²) in [7, 11) is 0. The highest BCUT2D eigenvalue weighted by Gasteiger charge is 2.17. The van der Waals surface area contributed by atoms with E-state index >= 15 is 0 Å². The molecule has 1 atom stereocenters. The summed E-state index contributed by atoms with van der Waals surface area (Å²) in [6.45, 7) is 4.21.